The molecule has 3 N–H and O–H groups in total. The lowest BCUT2D eigenvalue weighted by atomic mass is 10.2. The van der Waals surface area contributed by atoms with Gasteiger partial charge in [0.05, 0.1) is 12.8 Å². The normalized spacial score (nSPS) is 10.3. The molecule has 0 aliphatic rings. The van der Waals surface area contributed by atoms with Gasteiger partial charge in [0.2, 0.25) is 5.91 Å². The lowest BCUT2D eigenvalue weighted by molar-refractivity contribution is -0.116. The first kappa shape index (κ1) is 20.3. The van der Waals surface area contributed by atoms with Gasteiger partial charge in [0, 0.05) is 30.5 Å². The number of halogens is 1. The van der Waals surface area contributed by atoms with E-state index in [1.165, 1.54) is 13.2 Å². The van der Waals surface area contributed by atoms with Crippen LogP contribution in [0.15, 0.2) is 28.7 Å². The van der Waals surface area contributed by atoms with E-state index in [9.17, 15) is 14.4 Å². The van der Waals surface area contributed by atoms with E-state index in [2.05, 4.69) is 10.6 Å². The van der Waals surface area contributed by atoms with Gasteiger partial charge in [-0.3, -0.25) is 9.59 Å². The largest absolute Gasteiger partial charge is 0.495 e. The third-order valence-corrected chi connectivity index (χ3v) is 3.89. The predicted octanol–water partition coefficient (Wildman–Crippen LogP) is 2.96. The SMILES string of the molecule is CCc1oc(C(=O)NCCC(=O)Nc2cc(Cl)ccc2OC)cc1C(=O)O. The minimum absolute atomic E-state index is 0.00542. The summed E-state index contributed by atoms with van der Waals surface area (Å²) in [6.45, 7) is 1.76. The zero-order chi connectivity index (χ0) is 20.0. The Balaban J connectivity index is 1.91. The molecule has 8 nitrogen and oxygen atoms in total. The number of amides is 2. The molecule has 144 valence electrons. The van der Waals surface area contributed by atoms with Crippen LogP contribution in [-0.2, 0) is 11.2 Å². The number of carboxylic acids is 1. The molecule has 0 fully saturated rings. The van der Waals surface area contributed by atoms with Crippen molar-refractivity contribution in [1.29, 1.82) is 0 Å². The molecule has 9 heteroatoms. The minimum atomic E-state index is -1.16. The van der Waals surface area contributed by atoms with Crippen molar-refractivity contribution in [2.45, 2.75) is 19.8 Å². The van der Waals surface area contributed by atoms with Crippen LogP contribution < -0.4 is 15.4 Å². The van der Waals surface area contributed by atoms with Crippen LogP contribution in [0, 0.1) is 0 Å². The van der Waals surface area contributed by atoms with Crippen LogP contribution in [-0.4, -0.2) is 36.5 Å². The fourth-order valence-electron chi connectivity index (χ4n) is 2.35. The Morgan fingerprint density at radius 3 is 2.59 bits per heavy atom. The molecule has 0 saturated heterocycles. The van der Waals surface area contributed by atoms with E-state index in [0.717, 1.165) is 0 Å². The van der Waals surface area contributed by atoms with Crippen LogP contribution in [0.25, 0.3) is 0 Å². The molecule has 0 aliphatic carbocycles. The quantitative estimate of drug-likeness (QED) is 0.633. The van der Waals surface area contributed by atoms with Gasteiger partial charge in [0.15, 0.2) is 5.76 Å². The minimum Gasteiger partial charge on any atom is -0.495 e. The second-order valence-corrected chi connectivity index (χ2v) is 5.94. The van der Waals surface area contributed by atoms with Crippen molar-refractivity contribution >= 4 is 35.1 Å². The zero-order valence-electron chi connectivity index (χ0n) is 14.8. The lowest BCUT2D eigenvalue weighted by Gasteiger charge is -2.10. The summed E-state index contributed by atoms with van der Waals surface area (Å²) in [5.74, 6) is -1.54. The Morgan fingerprint density at radius 1 is 1.26 bits per heavy atom. The maximum absolute atomic E-state index is 12.1. The van der Waals surface area contributed by atoms with E-state index >= 15 is 0 Å². The molecule has 0 saturated carbocycles. The summed E-state index contributed by atoms with van der Waals surface area (Å²) in [5.41, 5.74) is 0.375. The average Bonchev–Trinajstić information content (AvgIpc) is 3.06. The summed E-state index contributed by atoms with van der Waals surface area (Å²) < 4.78 is 10.4. The molecule has 27 heavy (non-hydrogen) atoms. The highest BCUT2D eigenvalue weighted by molar-refractivity contribution is 6.31. The molecular weight excluding hydrogens is 376 g/mol. The number of hydrogen-bond acceptors (Lipinski definition) is 5. The van der Waals surface area contributed by atoms with Gasteiger partial charge >= 0.3 is 5.97 Å². The molecule has 0 unspecified atom stereocenters. The van der Waals surface area contributed by atoms with Gasteiger partial charge in [-0.2, -0.15) is 0 Å². The Hall–Kier alpha value is -3.00. The molecule has 1 heterocycles. The summed E-state index contributed by atoms with van der Waals surface area (Å²) >= 11 is 5.90. The Morgan fingerprint density at radius 2 is 2.00 bits per heavy atom. The number of ether oxygens (including phenoxy) is 1. The number of hydrogen-bond donors (Lipinski definition) is 3. The Kier molecular flexibility index (Phi) is 6.84. The van der Waals surface area contributed by atoms with E-state index in [-0.39, 0.29) is 36.0 Å². The van der Waals surface area contributed by atoms with Crippen molar-refractivity contribution < 1.29 is 28.6 Å². The molecule has 0 bridgehead atoms. The summed E-state index contributed by atoms with van der Waals surface area (Å²) in [4.78, 5) is 35.2. The van der Waals surface area contributed by atoms with Crippen molar-refractivity contribution in [2.75, 3.05) is 19.0 Å². The van der Waals surface area contributed by atoms with Crippen LogP contribution >= 0.6 is 11.6 Å². The number of nitrogens with one attached hydrogen (secondary N) is 2. The van der Waals surface area contributed by atoms with Crippen molar-refractivity contribution in [1.82, 2.24) is 5.32 Å². The molecule has 1 aromatic heterocycles. The number of rotatable bonds is 8. The van der Waals surface area contributed by atoms with Crippen LogP contribution in [0.5, 0.6) is 5.75 Å². The van der Waals surface area contributed by atoms with E-state index in [4.69, 9.17) is 25.9 Å². The summed E-state index contributed by atoms with van der Waals surface area (Å²) in [6, 6.07) is 5.99. The highest BCUT2D eigenvalue weighted by Gasteiger charge is 2.20. The molecule has 0 spiro atoms. The number of furan rings is 1. The fraction of sp³-hybridized carbons (Fsp3) is 0.278. The smallest absolute Gasteiger partial charge is 0.339 e. The van der Waals surface area contributed by atoms with Gasteiger partial charge in [-0.15, -0.1) is 0 Å². The molecular formula is C18H19ClN2O6. The van der Waals surface area contributed by atoms with Crippen molar-refractivity contribution in [3.05, 3.63) is 46.4 Å². The third kappa shape index (κ3) is 5.24. The first-order chi connectivity index (χ1) is 12.8. The van der Waals surface area contributed by atoms with Gasteiger partial charge in [0.25, 0.3) is 5.91 Å². The van der Waals surface area contributed by atoms with Crippen molar-refractivity contribution in [3.8, 4) is 5.75 Å². The van der Waals surface area contributed by atoms with Crippen LogP contribution in [0.3, 0.4) is 0 Å². The molecule has 2 rings (SSSR count). The summed E-state index contributed by atoms with van der Waals surface area (Å²) in [6.07, 6.45) is 0.341. The number of aryl methyl sites for hydroxylation is 1. The van der Waals surface area contributed by atoms with Crippen LogP contribution in [0.4, 0.5) is 5.69 Å². The number of benzene rings is 1. The second-order valence-electron chi connectivity index (χ2n) is 5.50. The monoisotopic (exact) mass is 394 g/mol. The van der Waals surface area contributed by atoms with Gasteiger partial charge in [-0.25, -0.2) is 4.79 Å². The number of anilines is 1. The third-order valence-electron chi connectivity index (χ3n) is 3.66. The van der Waals surface area contributed by atoms with Crippen LogP contribution in [0.2, 0.25) is 5.02 Å². The first-order valence-electron chi connectivity index (χ1n) is 8.13. The van der Waals surface area contributed by atoms with Crippen LogP contribution in [0.1, 0.15) is 40.0 Å². The highest BCUT2D eigenvalue weighted by Crippen LogP contribution is 2.27. The predicted molar refractivity (Wildman–Crippen MR) is 98.6 cm³/mol. The van der Waals surface area contributed by atoms with E-state index in [1.807, 2.05) is 0 Å². The van der Waals surface area contributed by atoms with Gasteiger partial charge in [-0.1, -0.05) is 18.5 Å². The van der Waals surface area contributed by atoms with Gasteiger partial charge < -0.3 is 24.9 Å². The number of carboxylic acid groups (broad SMARTS) is 1. The van der Waals surface area contributed by atoms with Crippen molar-refractivity contribution in [2.24, 2.45) is 0 Å². The average molecular weight is 395 g/mol. The highest BCUT2D eigenvalue weighted by atomic mass is 35.5. The number of carbonyl (C=O) groups excluding carboxylic acids is 2. The zero-order valence-corrected chi connectivity index (χ0v) is 15.6. The topological polar surface area (TPSA) is 118 Å². The molecule has 0 radical (unpaired) electrons. The Labute approximate surface area is 160 Å². The summed E-state index contributed by atoms with van der Waals surface area (Å²) in [5, 5.41) is 14.7. The first-order valence-corrected chi connectivity index (χ1v) is 8.51. The molecule has 1 aromatic carbocycles. The van der Waals surface area contributed by atoms with Gasteiger partial charge in [0.1, 0.15) is 17.1 Å². The van der Waals surface area contributed by atoms with Crippen molar-refractivity contribution in [3.63, 3.8) is 0 Å². The maximum Gasteiger partial charge on any atom is 0.339 e. The molecule has 2 aromatic rings. The number of methoxy groups -OCH3 is 1. The maximum atomic E-state index is 12.1. The lowest BCUT2D eigenvalue weighted by Crippen LogP contribution is -2.27. The number of carbonyl (C=O) groups is 3. The second kappa shape index (κ2) is 9.09. The molecule has 2 amide bonds. The number of aromatic carboxylic acids is 1. The Bertz CT molecular complexity index is 862. The van der Waals surface area contributed by atoms with E-state index in [1.54, 1.807) is 25.1 Å². The summed E-state index contributed by atoms with van der Waals surface area (Å²) in [7, 11) is 1.47. The van der Waals surface area contributed by atoms with Gasteiger partial charge in [-0.05, 0) is 18.2 Å². The fourth-order valence-corrected chi connectivity index (χ4v) is 2.52. The van der Waals surface area contributed by atoms with E-state index in [0.29, 0.717) is 22.9 Å². The van der Waals surface area contributed by atoms with E-state index < -0.39 is 11.9 Å². The standard InChI is InChI=1S/C18H19ClN2O6/c1-3-13-11(18(24)25)9-15(27-13)17(23)20-7-6-16(22)21-12-8-10(19)4-5-14(12)26-2/h4-5,8-9H,3,6-7H2,1-2H3,(H,20,23)(H,21,22)(H,24,25). The molecule has 0 atom stereocenters. The molecule has 0 aliphatic heterocycles.